The molecule has 0 radical (unpaired) electrons. The number of esters is 1. The minimum Gasteiger partial charge on any atom is -0.493 e. The molecule has 0 N–H and O–H groups in total. The van der Waals surface area contributed by atoms with E-state index in [-0.39, 0.29) is 5.97 Å². The first-order valence-corrected chi connectivity index (χ1v) is 13.5. The molecular weight excluding hydrogens is 388 g/mol. The summed E-state index contributed by atoms with van der Waals surface area (Å²) in [4.78, 5) is 11.7. The largest absolute Gasteiger partial charge is 0.493 e. The van der Waals surface area contributed by atoms with E-state index in [0.29, 0.717) is 29.4 Å². The molecule has 0 aliphatic carbocycles. The predicted molar refractivity (Wildman–Crippen MR) is 118 cm³/mol. The molecule has 0 aliphatic rings. The third-order valence-corrected chi connectivity index (χ3v) is 5.83. The number of carbonyl (C=O) groups excluding carboxylic acids is 1. The maximum atomic E-state index is 11.7. The van der Waals surface area contributed by atoms with Gasteiger partial charge in [-0.1, -0.05) is 31.8 Å². The van der Waals surface area contributed by atoms with Gasteiger partial charge in [0.05, 0.1) is 21.3 Å². The first-order valence-electron chi connectivity index (χ1n) is 9.74. The molecule has 0 heterocycles. The highest BCUT2D eigenvalue weighted by Crippen LogP contribution is 2.41. The van der Waals surface area contributed by atoms with Crippen molar-refractivity contribution in [3.05, 3.63) is 24.3 Å². The van der Waals surface area contributed by atoms with Crippen LogP contribution in [0.25, 0.3) is 0 Å². The zero-order valence-electron chi connectivity index (χ0n) is 19.3. The smallest absolute Gasteiger partial charge is 0.303 e. The van der Waals surface area contributed by atoms with Gasteiger partial charge in [-0.2, -0.15) is 0 Å². The van der Waals surface area contributed by atoms with Gasteiger partial charge in [-0.3, -0.25) is 4.79 Å². The SMILES string of the molecule is COc1cc(OC)c(OC(C)(C)[C@H](C/C=C\C[Si](C)(C)C)OC(C)=O)cc1OC. The van der Waals surface area contributed by atoms with Crippen LogP contribution in [-0.4, -0.2) is 47.1 Å². The molecule has 0 saturated heterocycles. The molecule has 1 aromatic rings. The van der Waals surface area contributed by atoms with Crippen molar-refractivity contribution in [2.45, 2.75) is 64.6 Å². The molecule has 1 rings (SSSR count). The summed E-state index contributed by atoms with van der Waals surface area (Å²) in [5.74, 6) is 1.72. The molecule has 0 aliphatic heterocycles. The summed E-state index contributed by atoms with van der Waals surface area (Å²) in [5, 5.41) is 0. The van der Waals surface area contributed by atoms with Gasteiger partial charge in [0, 0.05) is 33.6 Å². The lowest BCUT2D eigenvalue weighted by atomic mass is 9.97. The lowest BCUT2D eigenvalue weighted by Crippen LogP contribution is -2.44. The molecule has 0 spiro atoms. The molecule has 6 nitrogen and oxygen atoms in total. The van der Waals surface area contributed by atoms with Gasteiger partial charge < -0.3 is 23.7 Å². The van der Waals surface area contributed by atoms with Crippen molar-refractivity contribution in [1.29, 1.82) is 0 Å². The molecule has 0 unspecified atom stereocenters. The second-order valence-corrected chi connectivity index (χ2v) is 14.2. The average molecular weight is 425 g/mol. The Morgan fingerprint density at radius 1 is 0.966 bits per heavy atom. The Kier molecular flexibility index (Phi) is 9.07. The monoisotopic (exact) mass is 424 g/mol. The number of rotatable bonds is 11. The number of hydrogen-bond donors (Lipinski definition) is 0. The second kappa shape index (κ2) is 10.6. The van der Waals surface area contributed by atoms with Crippen molar-refractivity contribution in [2.24, 2.45) is 0 Å². The van der Waals surface area contributed by atoms with Crippen LogP contribution in [0.2, 0.25) is 25.7 Å². The van der Waals surface area contributed by atoms with Crippen LogP contribution in [0, 0.1) is 0 Å². The number of carbonyl (C=O) groups is 1. The Morgan fingerprint density at radius 3 is 1.90 bits per heavy atom. The van der Waals surface area contributed by atoms with E-state index < -0.39 is 19.8 Å². The van der Waals surface area contributed by atoms with E-state index in [0.717, 1.165) is 6.04 Å². The van der Waals surface area contributed by atoms with E-state index in [1.165, 1.54) is 6.92 Å². The Balaban J connectivity index is 3.12. The Labute approximate surface area is 176 Å². The van der Waals surface area contributed by atoms with Crippen LogP contribution in [0.15, 0.2) is 24.3 Å². The van der Waals surface area contributed by atoms with Crippen molar-refractivity contribution < 1.29 is 28.5 Å². The van der Waals surface area contributed by atoms with Crippen LogP contribution in [0.5, 0.6) is 23.0 Å². The lowest BCUT2D eigenvalue weighted by molar-refractivity contribution is -0.156. The van der Waals surface area contributed by atoms with E-state index in [1.54, 1.807) is 33.5 Å². The lowest BCUT2D eigenvalue weighted by Gasteiger charge is -2.34. The van der Waals surface area contributed by atoms with E-state index >= 15 is 0 Å². The van der Waals surface area contributed by atoms with Crippen molar-refractivity contribution >= 4 is 14.0 Å². The van der Waals surface area contributed by atoms with Gasteiger partial charge in [0.1, 0.15) is 11.7 Å². The fraction of sp³-hybridized carbons (Fsp3) is 0.591. The quantitative estimate of drug-likeness (QED) is 0.280. The zero-order valence-corrected chi connectivity index (χ0v) is 20.3. The summed E-state index contributed by atoms with van der Waals surface area (Å²) in [7, 11) is 3.51. The third-order valence-electron chi connectivity index (χ3n) is 4.37. The maximum Gasteiger partial charge on any atom is 0.303 e. The van der Waals surface area contributed by atoms with Crippen LogP contribution in [0.3, 0.4) is 0 Å². The minimum atomic E-state index is -1.17. The first-order chi connectivity index (χ1) is 13.4. The van der Waals surface area contributed by atoms with Crippen LogP contribution >= 0.6 is 0 Å². The fourth-order valence-corrected chi connectivity index (χ4v) is 3.63. The standard InChI is InChI=1S/C22H36O6Si/c1-16(23)27-21(12-10-11-13-29(7,8)9)22(2,3)28-20-15-18(25-5)17(24-4)14-19(20)26-6/h10-11,14-15,21H,12-13H2,1-9H3/b11-10-/t21-/m0/s1. The molecule has 1 aromatic carbocycles. The number of hydrogen-bond acceptors (Lipinski definition) is 6. The normalized spacial score (nSPS) is 13.1. The minimum absolute atomic E-state index is 0.343. The number of methoxy groups -OCH3 is 3. The van der Waals surface area contributed by atoms with Gasteiger partial charge in [-0.25, -0.2) is 0 Å². The summed E-state index contributed by atoms with van der Waals surface area (Å²) >= 11 is 0. The molecule has 7 heteroatoms. The second-order valence-electron chi connectivity index (χ2n) is 8.63. The summed E-state index contributed by atoms with van der Waals surface area (Å²) < 4.78 is 28.0. The van der Waals surface area contributed by atoms with Crippen molar-refractivity contribution in [3.8, 4) is 23.0 Å². The average Bonchev–Trinajstić information content (AvgIpc) is 2.62. The molecule has 164 valence electrons. The predicted octanol–water partition coefficient (Wildman–Crippen LogP) is 5.09. The molecule has 0 bridgehead atoms. The van der Waals surface area contributed by atoms with Crippen molar-refractivity contribution in [2.75, 3.05) is 21.3 Å². The van der Waals surface area contributed by atoms with Crippen LogP contribution in [0.1, 0.15) is 27.2 Å². The molecule has 29 heavy (non-hydrogen) atoms. The zero-order chi connectivity index (χ0) is 22.2. The summed E-state index contributed by atoms with van der Waals surface area (Å²) in [5.41, 5.74) is -0.804. The molecule has 0 saturated carbocycles. The highest BCUT2D eigenvalue weighted by atomic mass is 28.3. The van der Waals surface area contributed by atoms with Crippen LogP contribution in [-0.2, 0) is 9.53 Å². The van der Waals surface area contributed by atoms with Gasteiger partial charge in [-0.05, 0) is 19.9 Å². The number of benzene rings is 1. The summed E-state index contributed by atoms with van der Waals surface area (Å²) in [6, 6.07) is 4.49. The highest BCUT2D eigenvalue weighted by molar-refractivity contribution is 6.76. The van der Waals surface area contributed by atoms with E-state index in [9.17, 15) is 4.79 Å². The van der Waals surface area contributed by atoms with E-state index in [2.05, 4.69) is 31.8 Å². The van der Waals surface area contributed by atoms with Gasteiger partial charge in [0.25, 0.3) is 0 Å². The van der Waals surface area contributed by atoms with Gasteiger partial charge in [-0.15, -0.1) is 0 Å². The maximum absolute atomic E-state index is 11.7. The van der Waals surface area contributed by atoms with Crippen LogP contribution in [0.4, 0.5) is 0 Å². The Morgan fingerprint density at radius 2 is 1.45 bits per heavy atom. The highest BCUT2D eigenvalue weighted by Gasteiger charge is 2.35. The van der Waals surface area contributed by atoms with Crippen molar-refractivity contribution in [1.82, 2.24) is 0 Å². The van der Waals surface area contributed by atoms with E-state index in [4.69, 9.17) is 23.7 Å². The van der Waals surface area contributed by atoms with Crippen LogP contribution < -0.4 is 18.9 Å². The summed E-state index contributed by atoms with van der Waals surface area (Å²) in [6.07, 6.45) is 4.35. The summed E-state index contributed by atoms with van der Waals surface area (Å²) in [6.45, 7) is 12.1. The molecule has 1 atom stereocenters. The Hall–Kier alpha value is -2.15. The molecular formula is C22H36O6Si. The number of allylic oxidation sites excluding steroid dienone is 1. The topological polar surface area (TPSA) is 63.2 Å². The first kappa shape index (κ1) is 24.9. The van der Waals surface area contributed by atoms with Crippen molar-refractivity contribution in [3.63, 3.8) is 0 Å². The van der Waals surface area contributed by atoms with Gasteiger partial charge in [0.15, 0.2) is 23.0 Å². The molecule has 0 aromatic heterocycles. The van der Waals surface area contributed by atoms with E-state index in [1.807, 2.05) is 13.8 Å². The number of ether oxygens (including phenoxy) is 5. The Bertz CT molecular complexity index is 706. The van der Waals surface area contributed by atoms with Gasteiger partial charge in [0.2, 0.25) is 0 Å². The third kappa shape index (κ3) is 8.01. The molecule has 0 amide bonds. The fourth-order valence-electron chi connectivity index (χ4n) is 2.76. The van der Waals surface area contributed by atoms with Gasteiger partial charge >= 0.3 is 5.97 Å². The molecule has 0 fully saturated rings.